The van der Waals surface area contributed by atoms with Gasteiger partial charge in [0.25, 0.3) is 10.1 Å². The van der Waals surface area contributed by atoms with Crippen molar-refractivity contribution in [3.8, 4) is 0 Å². The van der Waals surface area contributed by atoms with Crippen LogP contribution in [0.1, 0.15) is 11.1 Å². The maximum absolute atomic E-state index is 12.9. The fourth-order valence-corrected chi connectivity index (χ4v) is 1.58. The highest BCUT2D eigenvalue weighted by Gasteiger charge is 2.11. The van der Waals surface area contributed by atoms with Crippen molar-refractivity contribution >= 4 is 10.1 Å². The summed E-state index contributed by atoms with van der Waals surface area (Å²) in [5, 5.41) is 0. The van der Waals surface area contributed by atoms with Gasteiger partial charge in [0.1, 0.15) is 17.4 Å². The minimum atomic E-state index is -4.26. The molecule has 0 fully saturated rings. The molecular formula is C8H8F2O3S. The SMILES string of the molecule is Cc1c(F)cc(CS(=O)(=O)O)cc1F. The molecule has 0 saturated carbocycles. The second-order valence-corrected chi connectivity index (χ2v) is 4.36. The molecule has 0 radical (unpaired) electrons. The van der Waals surface area contributed by atoms with E-state index in [9.17, 15) is 17.2 Å². The first-order valence-corrected chi connectivity index (χ1v) is 5.30. The van der Waals surface area contributed by atoms with Crippen LogP contribution in [0.5, 0.6) is 0 Å². The van der Waals surface area contributed by atoms with Gasteiger partial charge < -0.3 is 0 Å². The molecule has 6 heteroatoms. The maximum atomic E-state index is 12.9. The first-order chi connectivity index (χ1) is 6.29. The average Bonchev–Trinajstić information content (AvgIpc) is 1.96. The van der Waals surface area contributed by atoms with Gasteiger partial charge in [0.05, 0.1) is 0 Å². The monoisotopic (exact) mass is 222 g/mol. The van der Waals surface area contributed by atoms with Gasteiger partial charge in [0, 0.05) is 5.56 Å². The molecule has 0 bridgehead atoms. The first-order valence-electron chi connectivity index (χ1n) is 3.69. The Hall–Kier alpha value is -1.01. The van der Waals surface area contributed by atoms with Crippen LogP contribution in [0.3, 0.4) is 0 Å². The average molecular weight is 222 g/mol. The lowest BCUT2D eigenvalue weighted by Gasteiger charge is -2.02. The quantitative estimate of drug-likeness (QED) is 0.774. The number of benzene rings is 1. The summed E-state index contributed by atoms with van der Waals surface area (Å²) >= 11 is 0. The van der Waals surface area contributed by atoms with Crippen LogP contribution in [-0.2, 0) is 15.9 Å². The van der Waals surface area contributed by atoms with Crippen LogP contribution in [0.2, 0.25) is 0 Å². The van der Waals surface area contributed by atoms with Gasteiger partial charge in [0.2, 0.25) is 0 Å². The normalized spacial score (nSPS) is 11.7. The first kappa shape index (κ1) is 11.1. The molecule has 14 heavy (non-hydrogen) atoms. The Labute approximate surface area is 80.1 Å². The molecule has 1 N–H and O–H groups in total. The smallest absolute Gasteiger partial charge is 0.269 e. The van der Waals surface area contributed by atoms with E-state index in [1.54, 1.807) is 0 Å². The Morgan fingerprint density at radius 1 is 1.29 bits per heavy atom. The maximum Gasteiger partial charge on any atom is 0.269 e. The van der Waals surface area contributed by atoms with Crippen molar-refractivity contribution in [3.05, 3.63) is 34.9 Å². The van der Waals surface area contributed by atoms with Crippen LogP contribution in [0.25, 0.3) is 0 Å². The van der Waals surface area contributed by atoms with Crippen LogP contribution in [0, 0.1) is 18.6 Å². The second kappa shape index (κ2) is 3.62. The highest BCUT2D eigenvalue weighted by molar-refractivity contribution is 7.85. The summed E-state index contributed by atoms with van der Waals surface area (Å²) in [4.78, 5) is 0. The zero-order chi connectivity index (χ0) is 10.9. The number of hydrogen-bond acceptors (Lipinski definition) is 2. The van der Waals surface area contributed by atoms with Gasteiger partial charge in [-0.05, 0) is 24.6 Å². The highest BCUT2D eigenvalue weighted by Crippen LogP contribution is 2.15. The van der Waals surface area contributed by atoms with Crippen LogP contribution in [0.15, 0.2) is 12.1 Å². The van der Waals surface area contributed by atoms with E-state index in [0.717, 1.165) is 12.1 Å². The van der Waals surface area contributed by atoms with Gasteiger partial charge in [-0.25, -0.2) is 8.78 Å². The summed E-state index contributed by atoms with van der Waals surface area (Å²) in [5.41, 5.74) is -0.294. The molecule has 0 unspecified atom stereocenters. The van der Waals surface area contributed by atoms with Crippen LogP contribution in [0.4, 0.5) is 8.78 Å². The number of hydrogen-bond donors (Lipinski definition) is 1. The molecule has 0 amide bonds. The largest absolute Gasteiger partial charge is 0.285 e. The fourth-order valence-electron chi connectivity index (χ4n) is 0.992. The molecule has 0 aliphatic rings. The summed E-state index contributed by atoms with van der Waals surface area (Å²) in [6.45, 7) is 1.24. The number of halogens is 2. The molecule has 1 rings (SSSR count). The van der Waals surface area contributed by atoms with Crippen LogP contribution < -0.4 is 0 Å². The zero-order valence-corrected chi connectivity index (χ0v) is 8.11. The van der Waals surface area contributed by atoms with Gasteiger partial charge in [0.15, 0.2) is 0 Å². The Bertz CT molecular complexity index is 431. The Morgan fingerprint density at radius 2 is 1.71 bits per heavy atom. The molecule has 1 aromatic carbocycles. The van der Waals surface area contributed by atoms with Gasteiger partial charge >= 0.3 is 0 Å². The molecule has 3 nitrogen and oxygen atoms in total. The molecule has 0 spiro atoms. The fraction of sp³-hybridized carbons (Fsp3) is 0.250. The minimum Gasteiger partial charge on any atom is -0.285 e. The molecule has 0 atom stereocenters. The van der Waals surface area contributed by atoms with E-state index in [-0.39, 0.29) is 11.1 Å². The highest BCUT2D eigenvalue weighted by atomic mass is 32.2. The van der Waals surface area contributed by atoms with E-state index in [2.05, 4.69) is 0 Å². The van der Waals surface area contributed by atoms with E-state index in [1.165, 1.54) is 6.92 Å². The summed E-state index contributed by atoms with van der Waals surface area (Å²) in [7, 11) is -4.26. The topological polar surface area (TPSA) is 54.4 Å². The zero-order valence-electron chi connectivity index (χ0n) is 7.29. The van der Waals surface area contributed by atoms with Crippen molar-refractivity contribution in [1.82, 2.24) is 0 Å². The van der Waals surface area contributed by atoms with Crippen molar-refractivity contribution in [1.29, 1.82) is 0 Å². The lowest BCUT2D eigenvalue weighted by atomic mass is 10.1. The molecule has 0 heterocycles. The van der Waals surface area contributed by atoms with E-state index >= 15 is 0 Å². The van der Waals surface area contributed by atoms with Crippen molar-refractivity contribution in [2.75, 3.05) is 0 Å². The van der Waals surface area contributed by atoms with Gasteiger partial charge in [-0.1, -0.05) is 0 Å². The van der Waals surface area contributed by atoms with E-state index < -0.39 is 27.5 Å². The summed E-state index contributed by atoms with van der Waals surface area (Å²) in [5.74, 6) is -2.45. The third kappa shape index (κ3) is 2.74. The molecule has 0 saturated heterocycles. The molecule has 0 aliphatic heterocycles. The third-order valence-electron chi connectivity index (χ3n) is 1.69. The molecule has 78 valence electrons. The van der Waals surface area contributed by atoms with Gasteiger partial charge in [-0.2, -0.15) is 8.42 Å². The summed E-state index contributed by atoms with van der Waals surface area (Å²) in [6.07, 6.45) is 0. The lowest BCUT2D eigenvalue weighted by Crippen LogP contribution is -2.03. The predicted molar refractivity (Wildman–Crippen MR) is 46.3 cm³/mol. The third-order valence-corrected chi connectivity index (χ3v) is 2.39. The Balaban J connectivity index is 3.14. The van der Waals surface area contributed by atoms with Gasteiger partial charge in [-0.3, -0.25) is 4.55 Å². The molecule has 1 aromatic rings. The summed E-state index contributed by atoms with van der Waals surface area (Å²) < 4.78 is 55.1. The van der Waals surface area contributed by atoms with Crippen LogP contribution >= 0.6 is 0 Å². The van der Waals surface area contributed by atoms with Crippen molar-refractivity contribution in [3.63, 3.8) is 0 Å². The van der Waals surface area contributed by atoms with Gasteiger partial charge in [-0.15, -0.1) is 0 Å². The van der Waals surface area contributed by atoms with Crippen molar-refractivity contribution < 1.29 is 21.8 Å². The van der Waals surface area contributed by atoms with E-state index in [0.29, 0.717) is 0 Å². The van der Waals surface area contributed by atoms with E-state index in [4.69, 9.17) is 4.55 Å². The van der Waals surface area contributed by atoms with Crippen molar-refractivity contribution in [2.45, 2.75) is 12.7 Å². The van der Waals surface area contributed by atoms with Crippen LogP contribution in [-0.4, -0.2) is 13.0 Å². The number of rotatable bonds is 2. The Kier molecular flexibility index (Phi) is 2.86. The molecule has 0 aliphatic carbocycles. The predicted octanol–water partition coefficient (Wildman–Crippen LogP) is 1.66. The van der Waals surface area contributed by atoms with Crippen molar-refractivity contribution in [2.24, 2.45) is 0 Å². The Morgan fingerprint density at radius 3 is 2.07 bits per heavy atom. The second-order valence-electron chi connectivity index (χ2n) is 2.91. The lowest BCUT2D eigenvalue weighted by molar-refractivity contribution is 0.481. The molecular weight excluding hydrogens is 214 g/mol. The van der Waals surface area contributed by atoms with E-state index in [1.807, 2.05) is 0 Å². The molecule has 0 aromatic heterocycles. The summed E-state index contributed by atoms with van der Waals surface area (Å²) in [6, 6.07) is 1.76. The minimum absolute atomic E-state index is 0.117. The standard InChI is InChI=1S/C8H8F2O3S/c1-5-7(9)2-6(3-8(5)10)4-14(11,12)13/h2-3H,4H2,1H3,(H,11,12,13).